The molecule has 0 amide bonds. The van der Waals surface area contributed by atoms with Crippen molar-refractivity contribution >= 4 is 0 Å². The maximum absolute atomic E-state index is 12.8. The predicted molar refractivity (Wildman–Crippen MR) is 183 cm³/mol. The maximum Gasteiger partial charge on any atom is 0.186 e. The van der Waals surface area contributed by atoms with Crippen LogP contribution in [0, 0.1) is 46.3 Å². The first-order chi connectivity index (χ1) is 24.0. The first-order valence-electron chi connectivity index (χ1n) is 19.5. The topological polar surface area (TPSA) is 208 Å². The molecule has 8 N–H and O–H groups in total. The Labute approximate surface area is 302 Å². The molecule has 2 heterocycles. The van der Waals surface area contributed by atoms with Crippen molar-refractivity contribution < 1.29 is 64.5 Å². The van der Waals surface area contributed by atoms with E-state index in [1.165, 1.54) is 7.11 Å². The molecule has 0 aromatic rings. The third-order valence-electron chi connectivity index (χ3n) is 14.9. The minimum Gasteiger partial charge on any atom is -0.394 e. The summed E-state index contributed by atoms with van der Waals surface area (Å²) in [5.74, 6) is -0.129. The first-order valence-corrected chi connectivity index (χ1v) is 19.5. The second kappa shape index (κ2) is 15.2. The Bertz CT molecular complexity index is 1180. The van der Waals surface area contributed by atoms with E-state index in [2.05, 4.69) is 20.8 Å². The molecule has 0 aromatic heterocycles. The van der Waals surface area contributed by atoms with Crippen LogP contribution in [0.1, 0.15) is 92.4 Å². The summed E-state index contributed by atoms with van der Waals surface area (Å²) in [5, 5.41) is 87.1. The number of hydrogen-bond donors (Lipinski definition) is 8. The molecule has 6 aliphatic rings. The number of aliphatic hydroxyl groups excluding tert-OH is 7. The fourth-order valence-electron chi connectivity index (χ4n) is 12.2. The van der Waals surface area contributed by atoms with Crippen LogP contribution in [0.5, 0.6) is 0 Å². The third kappa shape index (κ3) is 6.97. The van der Waals surface area contributed by atoms with Gasteiger partial charge in [0.15, 0.2) is 12.6 Å². The molecule has 20 atom stereocenters. The number of rotatable bonds is 11. The van der Waals surface area contributed by atoms with Crippen LogP contribution in [0.4, 0.5) is 0 Å². The van der Waals surface area contributed by atoms with Crippen molar-refractivity contribution in [1.29, 1.82) is 0 Å². The van der Waals surface area contributed by atoms with Gasteiger partial charge in [-0.15, -0.1) is 0 Å². The Hall–Kier alpha value is -0.520. The standard InChI is InChI=1S/C38H66O13/c1-18(2)26(50-34-31(45)30(44)27(16-39)51-34)8-7-19(3)21-14-23(40)33-37(21,5)12-10-28-36(4)11-9-20(13-22(36)24(41)15-38(28,33)46)49-35-32(47-6)29(43)25(42)17-48-35/h18-35,39-46H,7-17H2,1-6H3/t19-,20+,21-,22-,23+,24-,25-,26+,27-,28-,29+,30-,31+,32-,33-,34+,35+,36+,37-,38+/m1/s1. The van der Waals surface area contributed by atoms with Crippen molar-refractivity contribution in [3.63, 3.8) is 0 Å². The van der Waals surface area contributed by atoms with Gasteiger partial charge < -0.3 is 64.5 Å². The van der Waals surface area contributed by atoms with E-state index in [9.17, 15) is 40.9 Å². The highest BCUT2D eigenvalue weighted by molar-refractivity contribution is 5.20. The molecule has 0 spiro atoms. The maximum atomic E-state index is 12.8. The van der Waals surface area contributed by atoms with Crippen LogP contribution in [-0.2, 0) is 23.7 Å². The zero-order valence-electron chi connectivity index (χ0n) is 31.3. The molecule has 2 aliphatic heterocycles. The van der Waals surface area contributed by atoms with Gasteiger partial charge in [0.25, 0.3) is 0 Å². The summed E-state index contributed by atoms with van der Waals surface area (Å²) in [6.45, 7) is 10.3. The van der Waals surface area contributed by atoms with Crippen LogP contribution >= 0.6 is 0 Å². The van der Waals surface area contributed by atoms with Gasteiger partial charge >= 0.3 is 0 Å². The number of aliphatic hydroxyl groups is 8. The van der Waals surface area contributed by atoms with Gasteiger partial charge in [-0.1, -0.05) is 34.6 Å². The van der Waals surface area contributed by atoms with Crippen molar-refractivity contribution in [3.05, 3.63) is 0 Å². The lowest BCUT2D eigenvalue weighted by atomic mass is 9.42. The highest BCUT2D eigenvalue weighted by Crippen LogP contribution is 2.70. The van der Waals surface area contributed by atoms with E-state index >= 15 is 0 Å². The monoisotopic (exact) mass is 730 g/mol. The van der Waals surface area contributed by atoms with Gasteiger partial charge in [0.2, 0.25) is 0 Å². The molecule has 6 fully saturated rings. The van der Waals surface area contributed by atoms with Crippen LogP contribution in [0.15, 0.2) is 0 Å². The molecule has 13 nitrogen and oxygen atoms in total. The Kier molecular flexibility index (Phi) is 12.0. The van der Waals surface area contributed by atoms with Gasteiger partial charge in [0, 0.05) is 19.4 Å². The molecule has 296 valence electrons. The van der Waals surface area contributed by atoms with Crippen LogP contribution in [-0.4, -0.2) is 140 Å². The number of methoxy groups -OCH3 is 1. The van der Waals surface area contributed by atoms with E-state index in [1.807, 2.05) is 13.8 Å². The van der Waals surface area contributed by atoms with Crippen molar-refractivity contribution in [2.45, 2.75) is 172 Å². The Morgan fingerprint density at radius 1 is 0.824 bits per heavy atom. The molecule has 0 unspecified atom stereocenters. The molecule has 2 saturated heterocycles. The lowest BCUT2D eigenvalue weighted by Gasteiger charge is -2.66. The molecule has 51 heavy (non-hydrogen) atoms. The highest BCUT2D eigenvalue weighted by atomic mass is 16.7. The number of hydrogen-bond acceptors (Lipinski definition) is 13. The molecule has 13 heteroatoms. The van der Waals surface area contributed by atoms with E-state index in [1.54, 1.807) is 0 Å². The Balaban J connectivity index is 1.12. The van der Waals surface area contributed by atoms with Gasteiger partial charge in [-0.05, 0) is 91.8 Å². The number of ether oxygens (including phenoxy) is 5. The summed E-state index contributed by atoms with van der Waals surface area (Å²) >= 11 is 0. The fraction of sp³-hybridized carbons (Fsp3) is 1.00. The van der Waals surface area contributed by atoms with Crippen molar-refractivity contribution in [3.8, 4) is 0 Å². The normalized spacial score (nSPS) is 52.6. The van der Waals surface area contributed by atoms with Crippen molar-refractivity contribution in [1.82, 2.24) is 0 Å². The first kappa shape index (κ1) is 40.2. The van der Waals surface area contributed by atoms with E-state index < -0.39 is 73.6 Å². The quantitative estimate of drug-likeness (QED) is 0.140. The highest BCUT2D eigenvalue weighted by Gasteiger charge is 2.71. The largest absolute Gasteiger partial charge is 0.394 e. The van der Waals surface area contributed by atoms with Gasteiger partial charge in [0.1, 0.15) is 36.6 Å². The van der Waals surface area contributed by atoms with Crippen LogP contribution in [0.3, 0.4) is 0 Å². The second-order valence-corrected chi connectivity index (χ2v) is 18.0. The molecular weight excluding hydrogens is 664 g/mol. The van der Waals surface area contributed by atoms with E-state index in [-0.39, 0.29) is 71.6 Å². The van der Waals surface area contributed by atoms with Crippen molar-refractivity contribution in [2.75, 3.05) is 20.3 Å². The van der Waals surface area contributed by atoms with E-state index in [0.717, 1.165) is 25.7 Å². The van der Waals surface area contributed by atoms with Crippen LogP contribution < -0.4 is 0 Å². The lowest BCUT2D eigenvalue weighted by Crippen LogP contribution is -2.68. The molecule has 4 aliphatic carbocycles. The molecule has 6 rings (SSSR count). The molecule has 0 aromatic carbocycles. The van der Waals surface area contributed by atoms with Crippen LogP contribution in [0.2, 0.25) is 0 Å². The zero-order valence-corrected chi connectivity index (χ0v) is 31.3. The summed E-state index contributed by atoms with van der Waals surface area (Å²) < 4.78 is 29.3. The minimum absolute atomic E-state index is 0.0537. The lowest BCUT2D eigenvalue weighted by molar-refractivity contribution is -0.303. The van der Waals surface area contributed by atoms with Crippen molar-refractivity contribution in [2.24, 2.45) is 46.3 Å². The summed E-state index contributed by atoms with van der Waals surface area (Å²) in [6, 6.07) is 0. The summed E-state index contributed by atoms with van der Waals surface area (Å²) in [6.07, 6.45) is -4.26. The zero-order chi connectivity index (χ0) is 37.2. The fourth-order valence-corrected chi connectivity index (χ4v) is 12.2. The van der Waals surface area contributed by atoms with Gasteiger partial charge in [-0.2, -0.15) is 0 Å². The average Bonchev–Trinajstić information content (AvgIpc) is 3.51. The summed E-state index contributed by atoms with van der Waals surface area (Å²) in [5.41, 5.74) is -1.92. The smallest absolute Gasteiger partial charge is 0.186 e. The summed E-state index contributed by atoms with van der Waals surface area (Å²) in [7, 11) is 1.45. The van der Waals surface area contributed by atoms with Gasteiger partial charge in [-0.3, -0.25) is 0 Å². The van der Waals surface area contributed by atoms with Crippen LogP contribution in [0.25, 0.3) is 0 Å². The second-order valence-electron chi connectivity index (χ2n) is 18.0. The minimum atomic E-state index is -1.24. The molecular formula is C38H66O13. The summed E-state index contributed by atoms with van der Waals surface area (Å²) in [4.78, 5) is 0. The van der Waals surface area contributed by atoms with Gasteiger partial charge in [0.05, 0.1) is 43.2 Å². The molecule has 0 radical (unpaired) electrons. The van der Waals surface area contributed by atoms with E-state index in [4.69, 9.17) is 23.7 Å². The van der Waals surface area contributed by atoms with Gasteiger partial charge in [-0.25, -0.2) is 0 Å². The Morgan fingerprint density at radius 2 is 1.53 bits per heavy atom. The Morgan fingerprint density at radius 3 is 2.18 bits per heavy atom. The van der Waals surface area contributed by atoms with E-state index in [0.29, 0.717) is 25.7 Å². The SMILES string of the molecule is CO[C@H]1[C@H](O[C@H]2CC[C@@]3(C)[C@H](C2)[C@H](O)C[C@]2(O)[C@@H]3CC[C@]3(C)[C@@H]([C@H](C)CC[C@H](O[C@H]4O[C@H](CO)[C@@H](O)[C@@H]4O)C(C)C)C[C@H](O)[C@H]32)OC[C@@H](O)[C@@H]1O. The molecule has 0 bridgehead atoms. The number of fused-ring (bicyclic) bond motifs is 5. The predicted octanol–water partition coefficient (Wildman–Crippen LogP) is 1.08. The third-order valence-corrected chi connectivity index (χ3v) is 14.9. The average molecular weight is 731 g/mol. The molecule has 4 saturated carbocycles.